The predicted octanol–water partition coefficient (Wildman–Crippen LogP) is 8.50. The molecule has 1 aliphatic carbocycles. The molecule has 156 valence electrons. The standard InChI is InChI=1S/C24H25F5/c1-3-5-14-7-9-16(10-8-14)21(26)22(27)18-13-17-12-11-15(6-4-2)20(25)19(17)24(29)23(18)28/h4,6,11-14,16H,3,5,7-10H2,1-2H3/b6-4+,22-21?. The maximum absolute atomic E-state index is 14.8. The van der Waals surface area contributed by atoms with E-state index >= 15 is 0 Å². The molecule has 0 spiro atoms. The van der Waals surface area contributed by atoms with Crippen LogP contribution in [0.4, 0.5) is 22.0 Å². The lowest BCUT2D eigenvalue weighted by molar-refractivity contribution is 0.261. The fraction of sp³-hybridized carbons (Fsp3) is 0.417. The highest BCUT2D eigenvalue weighted by atomic mass is 19.2. The number of rotatable bonds is 5. The van der Waals surface area contributed by atoms with Gasteiger partial charge in [0.2, 0.25) is 0 Å². The van der Waals surface area contributed by atoms with Gasteiger partial charge in [-0.3, -0.25) is 0 Å². The molecular formula is C24H25F5. The Hall–Kier alpha value is -2.17. The predicted molar refractivity (Wildman–Crippen MR) is 108 cm³/mol. The van der Waals surface area contributed by atoms with Crippen LogP contribution in [0.5, 0.6) is 0 Å². The van der Waals surface area contributed by atoms with Crippen molar-refractivity contribution >= 4 is 22.7 Å². The van der Waals surface area contributed by atoms with Gasteiger partial charge in [0.05, 0.1) is 10.9 Å². The molecule has 0 saturated heterocycles. The molecule has 2 aromatic carbocycles. The minimum absolute atomic E-state index is 0.0146. The zero-order valence-corrected chi connectivity index (χ0v) is 16.7. The molecule has 1 saturated carbocycles. The van der Waals surface area contributed by atoms with Crippen LogP contribution in [0.25, 0.3) is 22.7 Å². The molecule has 0 radical (unpaired) electrons. The van der Waals surface area contributed by atoms with E-state index < -0.39 is 46.0 Å². The minimum atomic E-state index is -1.57. The summed E-state index contributed by atoms with van der Waals surface area (Å²) in [7, 11) is 0. The normalized spacial score (nSPS) is 21.1. The molecule has 5 heteroatoms. The first kappa shape index (κ1) is 21.5. The van der Waals surface area contributed by atoms with Crippen LogP contribution >= 0.6 is 0 Å². The summed E-state index contributed by atoms with van der Waals surface area (Å²) in [5, 5.41) is -0.575. The van der Waals surface area contributed by atoms with Crippen LogP contribution in [-0.2, 0) is 0 Å². The zero-order chi connectivity index (χ0) is 21.1. The monoisotopic (exact) mass is 408 g/mol. The Morgan fingerprint density at radius 1 is 1.00 bits per heavy atom. The topological polar surface area (TPSA) is 0 Å². The van der Waals surface area contributed by atoms with Gasteiger partial charge in [-0.05, 0) is 50.0 Å². The quantitative estimate of drug-likeness (QED) is 0.435. The number of allylic oxidation sites excluding steroid dienone is 2. The van der Waals surface area contributed by atoms with Crippen LogP contribution in [0.15, 0.2) is 30.1 Å². The molecule has 0 aliphatic heterocycles. The average molecular weight is 408 g/mol. The molecule has 0 aromatic heterocycles. The first-order valence-electron chi connectivity index (χ1n) is 10.2. The summed E-state index contributed by atoms with van der Waals surface area (Å²) in [4.78, 5) is 0. The molecule has 1 fully saturated rings. The summed E-state index contributed by atoms with van der Waals surface area (Å²) in [6.45, 7) is 3.76. The number of halogens is 5. The second-order valence-corrected chi connectivity index (χ2v) is 7.79. The average Bonchev–Trinajstić information content (AvgIpc) is 2.72. The van der Waals surface area contributed by atoms with Gasteiger partial charge in [-0.15, -0.1) is 0 Å². The molecule has 0 bridgehead atoms. The highest BCUT2D eigenvalue weighted by molar-refractivity contribution is 5.89. The van der Waals surface area contributed by atoms with Gasteiger partial charge in [0.25, 0.3) is 0 Å². The Bertz CT molecular complexity index is 950. The highest BCUT2D eigenvalue weighted by Crippen LogP contribution is 2.40. The molecule has 29 heavy (non-hydrogen) atoms. The molecule has 1 aliphatic rings. The minimum Gasteiger partial charge on any atom is -0.208 e. The van der Waals surface area contributed by atoms with E-state index in [1.165, 1.54) is 18.2 Å². The first-order valence-corrected chi connectivity index (χ1v) is 10.2. The van der Waals surface area contributed by atoms with E-state index in [1.807, 2.05) is 0 Å². The van der Waals surface area contributed by atoms with Crippen LogP contribution < -0.4 is 0 Å². The third-order valence-electron chi connectivity index (χ3n) is 5.85. The Labute approximate surface area is 168 Å². The second-order valence-electron chi connectivity index (χ2n) is 7.79. The molecular weight excluding hydrogens is 383 g/mol. The maximum Gasteiger partial charge on any atom is 0.170 e. The van der Waals surface area contributed by atoms with Gasteiger partial charge in [-0.1, -0.05) is 44.1 Å². The number of hydrogen-bond acceptors (Lipinski definition) is 0. The van der Waals surface area contributed by atoms with Crippen molar-refractivity contribution < 1.29 is 22.0 Å². The van der Waals surface area contributed by atoms with E-state index in [0.717, 1.165) is 31.7 Å². The van der Waals surface area contributed by atoms with Gasteiger partial charge in [-0.2, -0.15) is 0 Å². The fourth-order valence-corrected chi connectivity index (χ4v) is 4.29. The van der Waals surface area contributed by atoms with Crippen molar-refractivity contribution in [2.45, 2.75) is 52.4 Å². The summed E-state index contributed by atoms with van der Waals surface area (Å²) in [5.74, 6) is -6.55. The summed E-state index contributed by atoms with van der Waals surface area (Å²) in [6, 6.07) is 3.75. The van der Waals surface area contributed by atoms with E-state index in [0.29, 0.717) is 18.8 Å². The molecule has 0 nitrogen and oxygen atoms in total. The van der Waals surface area contributed by atoms with Crippen molar-refractivity contribution in [3.63, 3.8) is 0 Å². The molecule has 0 amide bonds. The summed E-state index contributed by atoms with van der Waals surface area (Å²) in [5.41, 5.74) is -0.696. The fourth-order valence-electron chi connectivity index (χ4n) is 4.29. The van der Waals surface area contributed by atoms with E-state index in [-0.39, 0.29) is 10.9 Å². The largest absolute Gasteiger partial charge is 0.208 e. The number of hydrogen-bond donors (Lipinski definition) is 0. The molecule has 0 unspecified atom stereocenters. The Morgan fingerprint density at radius 2 is 1.69 bits per heavy atom. The zero-order valence-electron chi connectivity index (χ0n) is 16.7. The molecule has 0 heterocycles. The molecule has 2 aromatic rings. The van der Waals surface area contributed by atoms with Crippen molar-refractivity contribution in [1.29, 1.82) is 0 Å². The molecule has 0 N–H and O–H groups in total. The van der Waals surface area contributed by atoms with E-state index in [1.54, 1.807) is 13.0 Å². The number of benzene rings is 2. The van der Waals surface area contributed by atoms with Crippen molar-refractivity contribution in [3.8, 4) is 0 Å². The van der Waals surface area contributed by atoms with E-state index in [4.69, 9.17) is 0 Å². The van der Waals surface area contributed by atoms with E-state index in [2.05, 4.69) is 6.92 Å². The molecule has 3 rings (SSSR count). The van der Waals surface area contributed by atoms with Gasteiger partial charge < -0.3 is 0 Å². The summed E-state index contributed by atoms with van der Waals surface area (Å²) >= 11 is 0. The SMILES string of the molecule is C/C=C/c1ccc2cc(C(F)=C(F)C3CCC(CCC)CC3)c(F)c(F)c2c1F. The smallest absolute Gasteiger partial charge is 0.170 e. The summed E-state index contributed by atoms with van der Waals surface area (Å²) in [6.07, 6.45) is 7.68. The second kappa shape index (κ2) is 9.10. The maximum atomic E-state index is 14.8. The lowest BCUT2D eigenvalue weighted by atomic mass is 9.79. The van der Waals surface area contributed by atoms with Gasteiger partial charge >= 0.3 is 0 Å². The van der Waals surface area contributed by atoms with Crippen molar-refractivity contribution in [2.24, 2.45) is 11.8 Å². The van der Waals surface area contributed by atoms with Gasteiger partial charge in [0.15, 0.2) is 17.5 Å². The lowest BCUT2D eigenvalue weighted by Crippen LogP contribution is -2.15. The van der Waals surface area contributed by atoms with Gasteiger partial charge in [0.1, 0.15) is 11.6 Å². The van der Waals surface area contributed by atoms with Gasteiger partial charge in [-0.25, -0.2) is 22.0 Å². The highest BCUT2D eigenvalue weighted by Gasteiger charge is 2.29. The van der Waals surface area contributed by atoms with Crippen LogP contribution in [0.2, 0.25) is 0 Å². The lowest BCUT2D eigenvalue weighted by Gasteiger charge is -2.27. The van der Waals surface area contributed by atoms with Crippen LogP contribution in [-0.4, -0.2) is 0 Å². The third kappa shape index (κ3) is 4.24. The van der Waals surface area contributed by atoms with E-state index in [9.17, 15) is 22.0 Å². The van der Waals surface area contributed by atoms with Crippen molar-refractivity contribution in [2.75, 3.05) is 0 Å². The van der Waals surface area contributed by atoms with Crippen molar-refractivity contribution in [3.05, 3.63) is 58.7 Å². The van der Waals surface area contributed by atoms with Crippen LogP contribution in [0, 0.1) is 29.3 Å². The first-order chi connectivity index (χ1) is 13.9. The van der Waals surface area contributed by atoms with Crippen LogP contribution in [0.1, 0.15) is 63.5 Å². The van der Waals surface area contributed by atoms with Crippen LogP contribution in [0.3, 0.4) is 0 Å². The summed E-state index contributed by atoms with van der Waals surface area (Å²) < 4.78 is 73.3. The Morgan fingerprint density at radius 3 is 2.31 bits per heavy atom. The third-order valence-corrected chi connectivity index (χ3v) is 5.85. The molecule has 0 atom stereocenters. The Kier molecular flexibility index (Phi) is 6.76. The number of fused-ring (bicyclic) bond motifs is 1. The Balaban J connectivity index is 2.00. The van der Waals surface area contributed by atoms with Gasteiger partial charge in [0, 0.05) is 11.5 Å². The van der Waals surface area contributed by atoms with Crippen molar-refractivity contribution in [1.82, 2.24) is 0 Å².